The predicted molar refractivity (Wildman–Crippen MR) is 172 cm³/mol. The monoisotopic (exact) mass is 602 g/mol. The van der Waals surface area contributed by atoms with E-state index >= 15 is 0 Å². The number of rotatable bonds is 9. The average molecular weight is 603 g/mol. The van der Waals surface area contributed by atoms with Crippen LogP contribution in [0.1, 0.15) is 59.8 Å². The summed E-state index contributed by atoms with van der Waals surface area (Å²) in [4.78, 5) is 20.5. The molecule has 2 aromatic carbocycles. The molecule has 2 aliphatic heterocycles. The van der Waals surface area contributed by atoms with E-state index in [0.717, 1.165) is 61.2 Å². The highest BCUT2D eigenvalue weighted by Gasteiger charge is 2.40. The van der Waals surface area contributed by atoms with E-state index in [9.17, 15) is 10.0 Å². The number of nitrogens with zero attached hydrogens (tertiary/aromatic N) is 4. The first kappa shape index (κ1) is 31.4. The Balaban J connectivity index is 1.27. The van der Waals surface area contributed by atoms with Crippen LogP contribution >= 0.6 is 0 Å². The van der Waals surface area contributed by atoms with Gasteiger partial charge in [-0.25, -0.2) is 0 Å². The van der Waals surface area contributed by atoms with E-state index in [1.807, 2.05) is 24.0 Å². The lowest BCUT2D eigenvalue weighted by Crippen LogP contribution is -2.58. The topological polar surface area (TPSA) is 81.4 Å². The maximum Gasteiger partial charge on any atom is 0.260 e. The molecule has 3 aromatic rings. The van der Waals surface area contributed by atoms with E-state index in [0.29, 0.717) is 47.6 Å². The fourth-order valence-electron chi connectivity index (χ4n) is 6.95. The number of amides is 1. The van der Waals surface area contributed by atoms with Gasteiger partial charge >= 0.3 is 0 Å². The Morgan fingerprint density at radius 1 is 0.955 bits per heavy atom. The first-order chi connectivity index (χ1) is 21.2. The molecule has 2 aliphatic rings. The van der Waals surface area contributed by atoms with Crippen LogP contribution < -0.4 is 23.8 Å². The van der Waals surface area contributed by atoms with E-state index in [2.05, 4.69) is 47.1 Å². The van der Waals surface area contributed by atoms with E-state index in [1.165, 1.54) is 11.9 Å². The maximum atomic E-state index is 13.4. The minimum Gasteiger partial charge on any atom is -0.618 e. The van der Waals surface area contributed by atoms with Crippen molar-refractivity contribution in [3.63, 3.8) is 0 Å². The molecule has 0 radical (unpaired) electrons. The van der Waals surface area contributed by atoms with Gasteiger partial charge in [0.2, 0.25) is 11.4 Å². The highest BCUT2D eigenvalue weighted by molar-refractivity contribution is 5.96. The number of piperidine rings is 2. The second-order valence-electron chi connectivity index (χ2n) is 12.3. The largest absolute Gasteiger partial charge is 0.618 e. The van der Waals surface area contributed by atoms with Gasteiger partial charge in [0.15, 0.2) is 17.7 Å². The maximum absolute atomic E-state index is 13.4. The Morgan fingerprint density at radius 2 is 1.57 bits per heavy atom. The van der Waals surface area contributed by atoms with Crippen LogP contribution in [0.4, 0.5) is 5.69 Å². The summed E-state index contributed by atoms with van der Waals surface area (Å²) in [5.74, 6) is 1.89. The fourth-order valence-corrected chi connectivity index (χ4v) is 6.95. The zero-order valence-electron chi connectivity index (χ0n) is 27.0. The van der Waals surface area contributed by atoms with Crippen LogP contribution in [0.2, 0.25) is 0 Å². The van der Waals surface area contributed by atoms with Crippen molar-refractivity contribution in [2.75, 3.05) is 52.4 Å². The quantitative estimate of drug-likeness (QED) is 0.248. The summed E-state index contributed by atoms with van der Waals surface area (Å²) < 4.78 is 17.6. The van der Waals surface area contributed by atoms with Crippen molar-refractivity contribution in [3.8, 4) is 17.2 Å². The van der Waals surface area contributed by atoms with Crippen LogP contribution in [-0.4, -0.2) is 74.8 Å². The molecule has 3 heterocycles. The third-order valence-electron chi connectivity index (χ3n) is 9.72. The summed E-state index contributed by atoms with van der Waals surface area (Å²) in [6.45, 7) is 10.1. The van der Waals surface area contributed by atoms with Crippen molar-refractivity contribution in [2.24, 2.45) is 0 Å². The molecule has 9 heteroatoms. The van der Waals surface area contributed by atoms with Crippen molar-refractivity contribution in [1.29, 1.82) is 0 Å². The number of para-hydroxylation sites is 1. The van der Waals surface area contributed by atoms with Gasteiger partial charge in [-0.05, 0) is 74.9 Å². The minimum absolute atomic E-state index is 0.0312. The first-order valence-corrected chi connectivity index (χ1v) is 15.5. The summed E-state index contributed by atoms with van der Waals surface area (Å²) >= 11 is 0. The zero-order chi connectivity index (χ0) is 31.4. The summed E-state index contributed by atoms with van der Waals surface area (Å²) in [6, 6.07) is 16.8. The molecule has 236 valence electrons. The van der Waals surface area contributed by atoms with Crippen LogP contribution in [0, 0.1) is 19.1 Å². The molecule has 9 nitrogen and oxygen atoms in total. The van der Waals surface area contributed by atoms with E-state index in [-0.39, 0.29) is 11.4 Å². The Hall–Kier alpha value is -3.98. The van der Waals surface area contributed by atoms with Crippen molar-refractivity contribution in [1.82, 2.24) is 9.80 Å². The molecule has 5 rings (SSSR count). The molecule has 2 fully saturated rings. The van der Waals surface area contributed by atoms with Crippen molar-refractivity contribution in [3.05, 3.63) is 82.3 Å². The summed E-state index contributed by atoms with van der Waals surface area (Å²) in [7, 11) is 4.93. The number of pyridine rings is 1. The van der Waals surface area contributed by atoms with Crippen molar-refractivity contribution < 1.29 is 23.7 Å². The molecule has 0 aliphatic carbocycles. The third-order valence-corrected chi connectivity index (χ3v) is 9.72. The molecule has 1 aromatic heterocycles. The van der Waals surface area contributed by atoms with Crippen LogP contribution in [0.15, 0.2) is 54.7 Å². The van der Waals surface area contributed by atoms with Gasteiger partial charge in [0.25, 0.3) is 5.91 Å². The number of hydrogen-bond acceptors (Lipinski definition) is 7. The molecule has 0 unspecified atom stereocenters. The van der Waals surface area contributed by atoms with Crippen molar-refractivity contribution in [2.45, 2.75) is 64.6 Å². The smallest absolute Gasteiger partial charge is 0.260 e. The first-order valence-electron chi connectivity index (χ1n) is 15.5. The number of aryl methyl sites for hydroxylation is 1. The number of carbonyl (C=O) groups is 1. The van der Waals surface area contributed by atoms with Crippen LogP contribution in [0.3, 0.4) is 0 Å². The lowest BCUT2D eigenvalue weighted by molar-refractivity contribution is -0.612. The molecule has 0 N–H and O–H groups in total. The van der Waals surface area contributed by atoms with Gasteiger partial charge in [0.05, 0.1) is 21.3 Å². The van der Waals surface area contributed by atoms with Gasteiger partial charge in [0, 0.05) is 63.0 Å². The van der Waals surface area contributed by atoms with Crippen molar-refractivity contribution >= 4 is 11.6 Å². The van der Waals surface area contributed by atoms with Crippen LogP contribution in [0.25, 0.3) is 0 Å². The summed E-state index contributed by atoms with van der Waals surface area (Å²) in [5, 5.41) is 12.2. The summed E-state index contributed by atoms with van der Waals surface area (Å²) in [5.41, 5.74) is 4.20. The number of hydrogen-bond donors (Lipinski definition) is 0. The second kappa shape index (κ2) is 13.3. The molecule has 2 saturated heterocycles. The predicted octanol–water partition coefficient (Wildman–Crippen LogP) is 5.13. The third kappa shape index (κ3) is 6.29. The molecule has 0 atom stereocenters. The number of aromatic nitrogens is 1. The molecule has 1 amide bonds. The second-order valence-corrected chi connectivity index (χ2v) is 12.3. The Labute approximate surface area is 261 Å². The average Bonchev–Trinajstić information content (AvgIpc) is 3.05. The van der Waals surface area contributed by atoms with Gasteiger partial charge < -0.3 is 29.2 Å². The number of likely N-dealkylation sites (tertiary alicyclic amines) is 2. The van der Waals surface area contributed by atoms with Gasteiger partial charge in [-0.2, -0.15) is 4.73 Å². The van der Waals surface area contributed by atoms with Crippen LogP contribution in [-0.2, 0) is 6.54 Å². The number of carbonyl (C=O) groups excluding carboxylic acids is 1. The van der Waals surface area contributed by atoms with Gasteiger partial charge in [-0.1, -0.05) is 18.2 Å². The molecule has 0 saturated carbocycles. The Bertz CT molecular complexity index is 1420. The number of ether oxygens (including phenoxy) is 3. The zero-order valence-corrected chi connectivity index (χ0v) is 27.0. The van der Waals surface area contributed by atoms with Gasteiger partial charge in [0.1, 0.15) is 5.56 Å². The normalized spacial score (nSPS) is 17.3. The Kier molecular flexibility index (Phi) is 9.53. The highest BCUT2D eigenvalue weighted by atomic mass is 16.5. The number of methoxy groups -OCH3 is 3. The lowest BCUT2D eigenvalue weighted by atomic mass is 9.85. The van der Waals surface area contributed by atoms with E-state index in [4.69, 9.17) is 14.2 Å². The summed E-state index contributed by atoms with van der Waals surface area (Å²) in [6.07, 6.45) is 5.40. The molecular weight excluding hydrogens is 556 g/mol. The fraction of sp³-hybridized carbons (Fsp3) is 0.486. The SMILES string of the molecule is COc1cc(CN(c2ccccc2)C2CCN(C3(C)CCN(C(=O)c4c(C)cc[n+]([O-])c4C)CC3)CC2)cc(OC)c1OC. The number of anilines is 1. The molecule has 0 spiro atoms. The van der Waals surface area contributed by atoms with Crippen LogP contribution in [0.5, 0.6) is 17.2 Å². The Morgan fingerprint density at radius 3 is 2.14 bits per heavy atom. The van der Waals surface area contributed by atoms with E-state index in [1.54, 1.807) is 34.3 Å². The molecule has 0 bridgehead atoms. The van der Waals surface area contributed by atoms with E-state index < -0.39 is 0 Å². The molecular formula is C35H46N4O5. The van der Waals surface area contributed by atoms with Gasteiger partial charge in [-0.15, -0.1) is 0 Å². The van der Waals surface area contributed by atoms with Gasteiger partial charge in [-0.3, -0.25) is 9.69 Å². The highest BCUT2D eigenvalue weighted by Crippen LogP contribution is 2.40. The minimum atomic E-state index is -0.0312. The molecule has 44 heavy (non-hydrogen) atoms. The standard InChI is InChI=1S/C35H46N4O5/c1-25-12-19-39(41)26(2)32(25)34(40)36-20-15-35(3,16-21-36)37-17-13-29(14-18-37)38(28-10-8-7-9-11-28)24-27-22-30(42-4)33(44-6)31(23-27)43-5/h7-12,19,22-23,29H,13-18,20-21,24H2,1-6H3. The number of benzene rings is 2. The lowest BCUT2D eigenvalue weighted by Gasteiger charge is -2.50.